The summed E-state index contributed by atoms with van der Waals surface area (Å²) in [4.78, 5) is 28.8. The van der Waals surface area contributed by atoms with Gasteiger partial charge < -0.3 is 25.8 Å². The first-order valence-corrected chi connectivity index (χ1v) is 12.6. The van der Waals surface area contributed by atoms with Crippen LogP contribution in [0.5, 0.6) is 0 Å². The molecule has 3 heterocycles. The number of anilines is 2. The molecule has 5 N–H and O–H groups in total. The third-order valence-electron chi connectivity index (χ3n) is 6.90. The average molecular weight is 515 g/mol. The lowest BCUT2D eigenvalue weighted by Gasteiger charge is -2.26. The van der Waals surface area contributed by atoms with E-state index in [2.05, 4.69) is 25.9 Å². The van der Waals surface area contributed by atoms with Gasteiger partial charge >= 0.3 is 0 Å². The van der Waals surface area contributed by atoms with Crippen LogP contribution >= 0.6 is 0 Å². The lowest BCUT2D eigenvalue weighted by atomic mass is 9.82. The van der Waals surface area contributed by atoms with Crippen molar-refractivity contribution in [1.82, 2.24) is 20.0 Å². The Bertz CT molecular complexity index is 1510. The second-order valence-corrected chi connectivity index (χ2v) is 9.52. The van der Waals surface area contributed by atoms with Crippen LogP contribution < -0.4 is 10.6 Å². The van der Waals surface area contributed by atoms with Crippen molar-refractivity contribution in [2.75, 3.05) is 17.2 Å². The molecule has 0 aliphatic carbocycles. The van der Waals surface area contributed by atoms with Gasteiger partial charge in [0.15, 0.2) is 5.60 Å². The molecule has 2 atom stereocenters. The number of benzene rings is 2. The Kier molecular flexibility index (Phi) is 7.08. The number of aliphatic hydroxyl groups excluding tert-OH is 1. The number of aromatic nitrogens is 4. The van der Waals surface area contributed by atoms with Gasteiger partial charge in [0, 0.05) is 65.7 Å². The van der Waals surface area contributed by atoms with E-state index < -0.39 is 17.4 Å². The molecule has 10 nitrogen and oxygen atoms in total. The highest BCUT2D eigenvalue weighted by Crippen LogP contribution is 2.42. The van der Waals surface area contributed by atoms with Crippen LogP contribution in [0.4, 0.5) is 11.4 Å². The molecule has 196 valence electrons. The van der Waals surface area contributed by atoms with Gasteiger partial charge in [-0.25, -0.2) is 0 Å². The molecular weight excluding hydrogens is 484 g/mol. The zero-order valence-electron chi connectivity index (χ0n) is 21.0. The maximum Gasteiger partial charge on any atom is 0.261 e. The van der Waals surface area contributed by atoms with Gasteiger partial charge in [-0.1, -0.05) is 42.5 Å². The summed E-state index contributed by atoms with van der Waals surface area (Å²) < 4.78 is 1.69. The fourth-order valence-corrected chi connectivity index (χ4v) is 4.82. The molecule has 0 fully saturated rings. The predicted molar refractivity (Wildman–Crippen MR) is 143 cm³/mol. The summed E-state index contributed by atoms with van der Waals surface area (Å²) in [6.07, 6.45) is 8.60. The highest BCUT2D eigenvalue weighted by Gasteiger charge is 2.48. The molecule has 0 bridgehead atoms. The lowest BCUT2D eigenvalue weighted by Crippen LogP contribution is -2.39. The monoisotopic (exact) mass is 514 g/mol. The largest absolute Gasteiger partial charge is 0.396 e. The maximum atomic E-state index is 12.9. The first-order chi connectivity index (χ1) is 18.4. The number of hydrogen-bond donors (Lipinski definition) is 5. The number of H-pyrrole nitrogens is 1. The number of aryl methyl sites for hydroxylation is 1. The smallest absolute Gasteiger partial charge is 0.261 e. The number of nitrogens with zero attached hydrogens (tertiary/aromatic N) is 3. The Morgan fingerprint density at radius 1 is 1.26 bits per heavy atom. The minimum absolute atomic E-state index is 0.0215. The molecule has 2 amide bonds. The topological polar surface area (TPSA) is 145 Å². The minimum atomic E-state index is -1.77. The van der Waals surface area contributed by atoms with E-state index in [0.29, 0.717) is 36.3 Å². The highest BCUT2D eigenvalue weighted by molar-refractivity contribution is 6.06. The molecule has 38 heavy (non-hydrogen) atoms. The molecule has 4 aromatic rings. The number of carbonyl (C=O) groups is 2. The summed E-state index contributed by atoms with van der Waals surface area (Å²) in [5.41, 5.74) is 2.26. The van der Waals surface area contributed by atoms with Crippen molar-refractivity contribution < 1.29 is 19.8 Å². The summed E-state index contributed by atoms with van der Waals surface area (Å²) in [6.45, 7) is 2.38. The van der Waals surface area contributed by atoms with E-state index in [1.165, 1.54) is 0 Å². The third-order valence-corrected chi connectivity index (χ3v) is 6.90. The predicted octanol–water partition coefficient (Wildman–Crippen LogP) is 2.90. The first-order valence-electron chi connectivity index (χ1n) is 12.6. The zero-order valence-corrected chi connectivity index (χ0v) is 21.0. The summed E-state index contributed by atoms with van der Waals surface area (Å²) >= 11 is 0. The van der Waals surface area contributed by atoms with Crippen LogP contribution in [-0.4, -0.2) is 48.6 Å². The fraction of sp³-hybridized carbons (Fsp3) is 0.286. The highest BCUT2D eigenvalue weighted by atomic mass is 16.3. The third kappa shape index (κ3) is 4.96. The zero-order chi connectivity index (χ0) is 26.7. The Balaban J connectivity index is 1.25. The number of rotatable bonds is 10. The molecule has 0 saturated carbocycles. The number of fused-ring (bicyclic) bond motifs is 2. The maximum absolute atomic E-state index is 12.9. The van der Waals surface area contributed by atoms with Gasteiger partial charge in [-0.2, -0.15) is 0 Å². The number of aromatic amines is 1. The quantitative estimate of drug-likeness (QED) is 0.206. The van der Waals surface area contributed by atoms with Crippen LogP contribution in [0.15, 0.2) is 67.0 Å². The van der Waals surface area contributed by atoms with Gasteiger partial charge in [0.1, 0.15) is 0 Å². The van der Waals surface area contributed by atoms with Gasteiger partial charge in [-0.15, -0.1) is 5.10 Å². The van der Waals surface area contributed by atoms with Crippen LogP contribution in [0.25, 0.3) is 10.9 Å². The fourth-order valence-electron chi connectivity index (χ4n) is 4.82. The van der Waals surface area contributed by atoms with E-state index in [-0.39, 0.29) is 18.9 Å². The van der Waals surface area contributed by atoms with Crippen molar-refractivity contribution >= 4 is 34.1 Å². The number of amides is 2. The van der Waals surface area contributed by atoms with Crippen LogP contribution in [0.1, 0.15) is 30.2 Å². The molecule has 5 rings (SSSR count). The van der Waals surface area contributed by atoms with Crippen LogP contribution in [0, 0.1) is 5.92 Å². The standard InChI is InChI=1S/C28H30N6O4/c1-18(6-4-5-12-34-17-21(11-13-35)32-33-34)28(38)23-15-20(9-10-25(23)31-27(28)37)30-26(36)14-19-16-29-24-8-3-2-7-22(19)24/h2-4,6-10,15-18,29,35,38H,5,11-14H2,1H3,(H,30,36)(H,31,37)/b6-4+/t18-,28+/m1/s1. The van der Waals surface area contributed by atoms with E-state index in [1.54, 1.807) is 36.0 Å². The normalized spacial score (nSPS) is 17.6. The van der Waals surface area contributed by atoms with Crippen molar-refractivity contribution in [3.63, 3.8) is 0 Å². The summed E-state index contributed by atoms with van der Waals surface area (Å²) in [5.74, 6) is -1.22. The van der Waals surface area contributed by atoms with Gasteiger partial charge in [0.05, 0.1) is 12.1 Å². The molecule has 0 unspecified atom stereocenters. The van der Waals surface area contributed by atoms with Gasteiger partial charge in [-0.05, 0) is 36.2 Å². The van der Waals surface area contributed by atoms with Crippen LogP contribution in [0.2, 0.25) is 0 Å². The van der Waals surface area contributed by atoms with Gasteiger partial charge in [0.2, 0.25) is 5.91 Å². The Hall–Kier alpha value is -4.28. The number of carbonyl (C=O) groups excluding carboxylic acids is 2. The van der Waals surface area contributed by atoms with Gasteiger partial charge in [0.25, 0.3) is 5.91 Å². The molecule has 10 heteroatoms. The molecule has 1 aliphatic heterocycles. The Morgan fingerprint density at radius 3 is 2.95 bits per heavy atom. The molecule has 1 aliphatic rings. The molecule has 2 aromatic carbocycles. The van der Waals surface area contributed by atoms with Crippen molar-refractivity contribution in [3.8, 4) is 0 Å². The van der Waals surface area contributed by atoms with E-state index in [4.69, 9.17) is 5.11 Å². The number of hydrogen-bond acceptors (Lipinski definition) is 6. The van der Waals surface area contributed by atoms with Crippen molar-refractivity contribution in [2.45, 2.75) is 38.3 Å². The second kappa shape index (κ2) is 10.6. The average Bonchev–Trinajstić information content (AvgIpc) is 3.60. The lowest BCUT2D eigenvalue weighted by molar-refractivity contribution is -0.137. The second-order valence-electron chi connectivity index (χ2n) is 9.52. The SMILES string of the molecule is C[C@H](/C=C/CCn1cc(CCO)nn1)[C@@]1(O)C(=O)Nc2ccc(NC(=O)Cc3c[nH]c4ccccc34)cc21. The molecular formula is C28H30N6O4. The Labute approximate surface area is 219 Å². The van der Waals surface area contributed by atoms with Crippen molar-refractivity contribution in [1.29, 1.82) is 0 Å². The summed E-state index contributed by atoms with van der Waals surface area (Å²) in [5, 5.41) is 35.2. The summed E-state index contributed by atoms with van der Waals surface area (Å²) in [6, 6.07) is 12.9. The van der Waals surface area contributed by atoms with Crippen LogP contribution in [0.3, 0.4) is 0 Å². The van der Waals surface area contributed by atoms with Gasteiger partial charge in [-0.3, -0.25) is 14.3 Å². The van der Waals surface area contributed by atoms with Crippen molar-refractivity contribution in [3.05, 3.63) is 83.8 Å². The number of para-hydroxylation sites is 1. The Morgan fingerprint density at radius 2 is 2.11 bits per heavy atom. The molecule has 0 saturated heterocycles. The molecule has 2 aromatic heterocycles. The number of aliphatic hydroxyl groups is 2. The number of nitrogens with one attached hydrogen (secondary N) is 3. The van der Waals surface area contributed by atoms with E-state index in [1.807, 2.05) is 42.6 Å². The minimum Gasteiger partial charge on any atom is -0.396 e. The molecule has 0 spiro atoms. The van der Waals surface area contributed by atoms with E-state index in [0.717, 1.165) is 22.2 Å². The first kappa shape index (κ1) is 25.4. The van der Waals surface area contributed by atoms with E-state index in [9.17, 15) is 14.7 Å². The van der Waals surface area contributed by atoms with Crippen molar-refractivity contribution in [2.24, 2.45) is 5.92 Å². The summed E-state index contributed by atoms with van der Waals surface area (Å²) in [7, 11) is 0. The number of allylic oxidation sites excluding steroid dienone is 1. The van der Waals surface area contributed by atoms with E-state index >= 15 is 0 Å². The molecule has 0 radical (unpaired) electrons. The van der Waals surface area contributed by atoms with Crippen LogP contribution in [-0.2, 0) is 34.6 Å².